The molecule has 0 aliphatic carbocycles. The Bertz CT molecular complexity index is 339. The third kappa shape index (κ3) is 3.35. The van der Waals surface area contributed by atoms with Crippen LogP contribution in [0.25, 0.3) is 0 Å². The zero-order chi connectivity index (χ0) is 11.5. The van der Waals surface area contributed by atoms with Gasteiger partial charge in [-0.25, -0.2) is 0 Å². The standard InChI is InChI=1S/C11H15Cl2NO/c1-11(14,5-2-6-15)8-3-4-9(12)10(13)7-8/h3-4,7,15H,2,5-6,14H2,1H3. The summed E-state index contributed by atoms with van der Waals surface area (Å²) in [5, 5.41) is 9.81. The van der Waals surface area contributed by atoms with E-state index in [4.69, 9.17) is 34.0 Å². The van der Waals surface area contributed by atoms with E-state index in [0.29, 0.717) is 22.9 Å². The largest absolute Gasteiger partial charge is 0.396 e. The SMILES string of the molecule is CC(N)(CCCO)c1ccc(Cl)c(Cl)c1. The summed E-state index contributed by atoms with van der Waals surface area (Å²) in [5.74, 6) is 0. The van der Waals surface area contributed by atoms with Gasteiger partial charge in [0, 0.05) is 12.1 Å². The number of halogens is 2. The Labute approximate surface area is 100.0 Å². The minimum atomic E-state index is -0.475. The Morgan fingerprint density at radius 3 is 2.53 bits per heavy atom. The van der Waals surface area contributed by atoms with E-state index in [9.17, 15) is 0 Å². The topological polar surface area (TPSA) is 46.2 Å². The van der Waals surface area contributed by atoms with Gasteiger partial charge in [0.25, 0.3) is 0 Å². The molecule has 0 radical (unpaired) electrons. The van der Waals surface area contributed by atoms with Crippen molar-refractivity contribution in [2.75, 3.05) is 6.61 Å². The van der Waals surface area contributed by atoms with Crippen LogP contribution in [0.5, 0.6) is 0 Å². The summed E-state index contributed by atoms with van der Waals surface area (Å²) in [6.45, 7) is 2.07. The normalized spacial score (nSPS) is 15.0. The Balaban J connectivity index is 2.89. The van der Waals surface area contributed by atoms with Crippen LogP contribution in [-0.4, -0.2) is 11.7 Å². The van der Waals surface area contributed by atoms with E-state index in [0.717, 1.165) is 5.56 Å². The molecule has 4 heteroatoms. The Hall–Kier alpha value is -0.280. The number of rotatable bonds is 4. The molecule has 0 saturated heterocycles. The molecule has 3 N–H and O–H groups in total. The highest BCUT2D eigenvalue weighted by Crippen LogP contribution is 2.29. The number of nitrogens with two attached hydrogens (primary N) is 1. The Morgan fingerprint density at radius 1 is 1.33 bits per heavy atom. The number of hydrogen-bond acceptors (Lipinski definition) is 2. The first-order valence-corrected chi connectivity index (χ1v) is 5.58. The van der Waals surface area contributed by atoms with Crippen LogP contribution >= 0.6 is 23.2 Å². The fraction of sp³-hybridized carbons (Fsp3) is 0.455. The fourth-order valence-electron chi connectivity index (χ4n) is 1.44. The molecule has 2 nitrogen and oxygen atoms in total. The number of hydrogen-bond donors (Lipinski definition) is 2. The van der Waals surface area contributed by atoms with Crippen molar-refractivity contribution in [3.8, 4) is 0 Å². The molecule has 1 atom stereocenters. The molecule has 0 bridgehead atoms. The summed E-state index contributed by atoms with van der Waals surface area (Å²) in [6, 6.07) is 5.39. The molecular formula is C11H15Cl2NO. The zero-order valence-electron chi connectivity index (χ0n) is 8.63. The lowest BCUT2D eigenvalue weighted by Gasteiger charge is -2.25. The van der Waals surface area contributed by atoms with Crippen LogP contribution in [0.4, 0.5) is 0 Å². The van der Waals surface area contributed by atoms with Crippen molar-refractivity contribution < 1.29 is 5.11 Å². The predicted molar refractivity (Wildman–Crippen MR) is 64.3 cm³/mol. The van der Waals surface area contributed by atoms with Crippen LogP contribution in [0.2, 0.25) is 10.0 Å². The van der Waals surface area contributed by atoms with Gasteiger partial charge in [0.2, 0.25) is 0 Å². The van der Waals surface area contributed by atoms with E-state index in [1.807, 2.05) is 13.0 Å². The molecule has 0 fully saturated rings. The van der Waals surface area contributed by atoms with Crippen molar-refractivity contribution in [2.24, 2.45) is 5.73 Å². The lowest BCUT2D eigenvalue weighted by atomic mass is 9.89. The quantitative estimate of drug-likeness (QED) is 0.860. The molecule has 1 rings (SSSR count). The first-order chi connectivity index (χ1) is 6.97. The maximum Gasteiger partial charge on any atom is 0.0595 e. The van der Waals surface area contributed by atoms with Crippen molar-refractivity contribution in [2.45, 2.75) is 25.3 Å². The summed E-state index contributed by atoms with van der Waals surface area (Å²) in [7, 11) is 0. The highest BCUT2D eigenvalue weighted by Gasteiger charge is 2.21. The van der Waals surface area contributed by atoms with Crippen LogP contribution in [0.1, 0.15) is 25.3 Å². The van der Waals surface area contributed by atoms with E-state index in [1.165, 1.54) is 0 Å². The minimum Gasteiger partial charge on any atom is -0.396 e. The van der Waals surface area contributed by atoms with E-state index < -0.39 is 5.54 Å². The first-order valence-electron chi connectivity index (χ1n) is 4.82. The molecule has 84 valence electrons. The minimum absolute atomic E-state index is 0.147. The van der Waals surface area contributed by atoms with E-state index in [2.05, 4.69) is 0 Å². The van der Waals surface area contributed by atoms with Crippen molar-refractivity contribution in [3.63, 3.8) is 0 Å². The average molecular weight is 248 g/mol. The summed E-state index contributed by atoms with van der Waals surface area (Å²) < 4.78 is 0. The second-order valence-electron chi connectivity index (χ2n) is 3.87. The fourth-order valence-corrected chi connectivity index (χ4v) is 1.74. The van der Waals surface area contributed by atoms with Gasteiger partial charge in [0.1, 0.15) is 0 Å². The highest BCUT2D eigenvalue weighted by atomic mass is 35.5. The molecule has 1 aromatic rings. The lowest BCUT2D eigenvalue weighted by molar-refractivity contribution is 0.265. The third-order valence-electron chi connectivity index (χ3n) is 2.43. The molecule has 0 aromatic heterocycles. The van der Waals surface area contributed by atoms with E-state index in [1.54, 1.807) is 12.1 Å². The first kappa shape index (κ1) is 12.8. The summed E-state index contributed by atoms with van der Waals surface area (Å²) in [6.07, 6.45) is 1.38. The van der Waals surface area contributed by atoms with Crippen LogP contribution in [-0.2, 0) is 5.54 Å². The van der Waals surface area contributed by atoms with Gasteiger partial charge < -0.3 is 10.8 Å². The second-order valence-corrected chi connectivity index (χ2v) is 4.69. The molecule has 1 unspecified atom stereocenters. The second kappa shape index (κ2) is 5.17. The van der Waals surface area contributed by atoms with E-state index >= 15 is 0 Å². The number of benzene rings is 1. The van der Waals surface area contributed by atoms with Crippen molar-refractivity contribution in [3.05, 3.63) is 33.8 Å². The van der Waals surface area contributed by atoms with Gasteiger partial charge in [-0.1, -0.05) is 29.3 Å². The summed E-state index contributed by atoms with van der Waals surface area (Å²) in [5.41, 5.74) is 6.59. The monoisotopic (exact) mass is 247 g/mol. The average Bonchev–Trinajstić information content (AvgIpc) is 2.19. The maximum atomic E-state index is 8.77. The molecule has 15 heavy (non-hydrogen) atoms. The molecule has 0 amide bonds. The van der Waals surface area contributed by atoms with Crippen molar-refractivity contribution in [1.29, 1.82) is 0 Å². The number of aliphatic hydroxyl groups is 1. The molecule has 0 spiro atoms. The maximum absolute atomic E-state index is 8.77. The Morgan fingerprint density at radius 2 is 2.00 bits per heavy atom. The van der Waals surface area contributed by atoms with E-state index in [-0.39, 0.29) is 6.61 Å². The van der Waals surface area contributed by atoms with Crippen LogP contribution in [0.3, 0.4) is 0 Å². The van der Waals surface area contributed by atoms with Crippen molar-refractivity contribution in [1.82, 2.24) is 0 Å². The van der Waals surface area contributed by atoms with Gasteiger partial charge in [-0.2, -0.15) is 0 Å². The summed E-state index contributed by atoms with van der Waals surface area (Å²) in [4.78, 5) is 0. The molecule has 0 aliphatic rings. The molecule has 0 aliphatic heterocycles. The van der Waals surface area contributed by atoms with Crippen LogP contribution in [0.15, 0.2) is 18.2 Å². The molecule has 1 aromatic carbocycles. The number of aliphatic hydroxyl groups excluding tert-OH is 1. The zero-order valence-corrected chi connectivity index (χ0v) is 10.1. The summed E-state index contributed by atoms with van der Waals surface area (Å²) >= 11 is 11.7. The third-order valence-corrected chi connectivity index (χ3v) is 3.17. The van der Waals surface area contributed by atoms with Gasteiger partial charge in [0.05, 0.1) is 10.0 Å². The van der Waals surface area contributed by atoms with Gasteiger partial charge in [-0.05, 0) is 37.5 Å². The predicted octanol–water partition coefficient (Wildman–Crippen LogP) is 2.94. The molecule has 0 saturated carbocycles. The van der Waals surface area contributed by atoms with Gasteiger partial charge in [0.15, 0.2) is 0 Å². The van der Waals surface area contributed by atoms with Crippen LogP contribution in [0, 0.1) is 0 Å². The van der Waals surface area contributed by atoms with Gasteiger partial charge in [-0.15, -0.1) is 0 Å². The molecule has 0 heterocycles. The van der Waals surface area contributed by atoms with Crippen LogP contribution < -0.4 is 5.73 Å². The van der Waals surface area contributed by atoms with Crippen molar-refractivity contribution >= 4 is 23.2 Å². The Kier molecular flexibility index (Phi) is 4.41. The lowest BCUT2D eigenvalue weighted by Crippen LogP contribution is -2.33. The highest BCUT2D eigenvalue weighted by molar-refractivity contribution is 6.42. The van der Waals surface area contributed by atoms with Gasteiger partial charge >= 0.3 is 0 Å². The smallest absolute Gasteiger partial charge is 0.0595 e. The molecular weight excluding hydrogens is 233 g/mol. The van der Waals surface area contributed by atoms with Gasteiger partial charge in [-0.3, -0.25) is 0 Å².